The molecule has 13 heteroatoms. The first-order chi connectivity index (χ1) is 34.6. The van der Waals surface area contributed by atoms with Gasteiger partial charge in [0.25, 0.3) is 0 Å². The zero-order chi connectivity index (χ0) is 49.3. The summed E-state index contributed by atoms with van der Waals surface area (Å²) in [6.07, 6.45) is 0.316. The Morgan fingerprint density at radius 1 is 0.542 bits per heavy atom. The van der Waals surface area contributed by atoms with Crippen molar-refractivity contribution >= 4 is 56.7 Å². The zero-order valence-corrected chi connectivity index (χ0v) is 41.5. The topological polar surface area (TPSA) is 148 Å². The van der Waals surface area contributed by atoms with Gasteiger partial charge in [-0.25, -0.2) is 9.18 Å². The van der Waals surface area contributed by atoms with Crippen LogP contribution >= 0.6 is 0 Å². The summed E-state index contributed by atoms with van der Waals surface area (Å²) in [6.45, 7) is 1.08. The zero-order valence-electron chi connectivity index (χ0n) is 39.5. The first kappa shape index (κ1) is 50.4. The minimum atomic E-state index is -1.31. The summed E-state index contributed by atoms with van der Waals surface area (Å²) in [5.74, 6) is -1.31. The standard InChI is InChI=1S/C59H48FN3O8.Na/c1-69-59(68)53(62-51-15-7-3-13-49(51)56(64)40-22-26-42(60)27-23-40)37-39-20-30-44(31-21-39)71-45-32-24-41(25-33-45)57(65)48-12-2-6-14-50(48)61-52(58(66)67)36-38-18-28-43(29-19-38)70-35-34-63-54-16-8-4-10-46(54)47-11-5-9-17-55(47)63;/h2-33,52-53,61-62H,34-37H2,1H3,(H,66,67);/q;+1/p-1. The summed E-state index contributed by atoms with van der Waals surface area (Å²) in [6, 6.07) is 54.5. The molecule has 0 aliphatic carbocycles. The van der Waals surface area contributed by atoms with Crippen LogP contribution in [-0.4, -0.2) is 53.9 Å². The van der Waals surface area contributed by atoms with E-state index >= 15 is 0 Å². The number of hydrogen-bond acceptors (Lipinski definition) is 10. The van der Waals surface area contributed by atoms with Crippen LogP contribution in [0.5, 0.6) is 17.2 Å². The molecule has 0 fully saturated rings. The average molecular weight is 968 g/mol. The Morgan fingerprint density at radius 3 is 1.49 bits per heavy atom. The summed E-state index contributed by atoms with van der Waals surface area (Å²) < 4.78 is 33.1. The second-order valence-corrected chi connectivity index (χ2v) is 16.8. The number of carboxylic acid groups (broad SMARTS) is 1. The molecule has 0 bridgehead atoms. The molecule has 0 aliphatic heterocycles. The van der Waals surface area contributed by atoms with E-state index in [1.54, 1.807) is 84.9 Å². The first-order valence-electron chi connectivity index (χ1n) is 23.0. The van der Waals surface area contributed by atoms with Gasteiger partial charge >= 0.3 is 35.5 Å². The van der Waals surface area contributed by atoms with E-state index in [4.69, 9.17) is 14.2 Å². The molecule has 0 radical (unpaired) electrons. The molecule has 72 heavy (non-hydrogen) atoms. The number of para-hydroxylation sites is 4. The molecule has 0 aliphatic rings. The van der Waals surface area contributed by atoms with Crippen LogP contribution in [0.3, 0.4) is 0 Å². The Balaban J connectivity index is 0.00000693. The number of carboxylic acids is 1. The molecule has 0 saturated carbocycles. The number of fused-ring (bicyclic) bond motifs is 3. The molecule has 0 saturated heterocycles. The van der Waals surface area contributed by atoms with Crippen molar-refractivity contribution in [2.24, 2.45) is 0 Å². The second-order valence-electron chi connectivity index (χ2n) is 16.8. The number of esters is 1. The number of hydrogen-bond donors (Lipinski definition) is 2. The van der Waals surface area contributed by atoms with E-state index in [1.165, 1.54) is 42.1 Å². The Hall–Kier alpha value is -8.03. The second kappa shape index (κ2) is 23.3. The Labute approximate surface area is 437 Å². The molecule has 1 heterocycles. The molecule has 0 spiro atoms. The van der Waals surface area contributed by atoms with Crippen molar-refractivity contribution in [2.45, 2.75) is 31.5 Å². The predicted octanol–water partition coefficient (Wildman–Crippen LogP) is 7.24. The number of nitrogens with one attached hydrogen (secondary N) is 2. The van der Waals surface area contributed by atoms with Crippen LogP contribution in [0.15, 0.2) is 194 Å². The first-order valence-corrected chi connectivity index (χ1v) is 23.0. The number of carbonyl (C=O) groups excluding carboxylic acids is 4. The molecule has 9 rings (SSSR count). The fourth-order valence-electron chi connectivity index (χ4n) is 8.63. The SMILES string of the molecule is COC(=O)C(Cc1ccc(Oc2ccc(C(=O)c3ccccc3NC(Cc3ccc(OCCn4c5ccccc5c5ccccc54)cc3)C(=O)[O-])cc2)cc1)Nc1ccccc1C(=O)c1ccc(F)cc1.[Na+]. The fraction of sp³-hybridized carbons (Fsp3) is 0.119. The maximum atomic E-state index is 13.9. The van der Waals surface area contributed by atoms with Crippen LogP contribution in [0, 0.1) is 5.82 Å². The van der Waals surface area contributed by atoms with Crippen molar-refractivity contribution in [3.63, 3.8) is 0 Å². The number of ether oxygens (including phenoxy) is 3. The minimum absolute atomic E-state index is 0. The fourth-order valence-corrected chi connectivity index (χ4v) is 8.63. The van der Waals surface area contributed by atoms with Crippen molar-refractivity contribution in [2.75, 3.05) is 24.4 Å². The van der Waals surface area contributed by atoms with Crippen molar-refractivity contribution in [1.29, 1.82) is 0 Å². The molecule has 2 atom stereocenters. The van der Waals surface area contributed by atoms with Gasteiger partial charge in [0.1, 0.15) is 35.7 Å². The number of benzene rings is 8. The van der Waals surface area contributed by atoms with Gasteiger partial charge in [-0.2, -0.15) is 0 Å². The molecule has 9 aromatic rings. The number of methoxy groups -OCH3 is 1. The molecule has 354 valence electrons. The van der Waals surface area contributed by atoms with Gasteiger partial charge in [-0.3, -0.25) is 9.59 Å². The smallest absolute Gasteiger partial charge is 0.548 e. The summed E-state index contributed by atoms with van der Waals surface area (Å²) in [5.41, 5.74) is 5.86. The van der Waals surface area contributed by atoms with E-state index in [1.807, 2.05) is 60.7 Å². The molecule has 1 aromatic heterocycles. The molecule has 8 aromatic carbocycles. The van der Waals surface area contributed by atoms with Crippen LogP contribution in [0.2, 0.25) is 0 Å². The number of halogens is 1. The van der Waals surface area contributed by atoms with Crippen LogP contribution < -0.4 is 54.8 Å². The summed E-state index contributed by atoms with van der Waals surface area (Å²) >= 11 is 0. The maximum Gasteiger partial charge on any atom is 1.00 e. The molecule has 11 nitrogen and oxygen atoms in total. The van der Waals surface area contributed by atoms with Gasteiger partial charge in [-0.05, 0) is 127 Å². The normalized spacial score (nSPS) is 11.8. The molecule has 0 amide bonds. The van der Waals surface area contributed by atoms with Gasteiger partial charge in [0.05, 0.1) is 25.7 Å². The predicted molar refractivity (Wildman–Crippen MR) is 270 cm³/mol. The number of nitrogens with zero attached hydrogens (tertiary/aromatic N) is 1. The van der Waals surface area contributed by atoms with Crippen molar-refractivity contribution in [1.82, 2.24) is 4.57 Å². The van der Waals surface area contributed by atoms with E-state index < -0.39 is 29.8 Å². The van der Waals surface area contributed by atoms with E-state index in [2.05, 4.69) is 39.5 Å². The van der Waals surface area contributed by atoms with Gasteiger partial charge in [-0.15, -0.1) is 0 Å². The minimum Gasteiger partial charge on any atom is -0.548 e. The average Bonchev–Trinajstić information content (AvgIpc) is 3.72. The van der Waals surface area contributed by atoms with Crippen LogP contribution in [-0.2, 0) is 33.7 Å². The summed E-state index contributed by atoms with van der Waals surface area (Å²) in [5, 5.41) is 21.1. The van der Waals surface area contributed by atoms with E-state index in [9.17, 15) is 28.7 Å². The van der Waals surface area contributed by atoms with Crippen molar-refractivity contribution < 1.29 is 72.4 Å². The quantitative estimate of drug-likeness (QED) is 0.0455. The Kier molecular flexibility index (Phi) is 16.3. The largest absolute Gasteiger partial charge is 1.00 e. The Bertz CT molecular complexity index is 3310. The number of ketones is 2. The van der Waals surface area contributed by atoms with Crippen LogP contribution in [0.25, 0.3) is 21.8 Å². The van der Waals surface area contributed by atoms with Crippen molar-refractivity contribution in [3.05, 3.63) is 233 Å². The van der Waals surface area contributed by atoms with Crippen LogP contribution in [0.1, 0.15) is 43.0 Å². The molecule has 2 unspecified atom stereocenters. The van der Waals surface area contributed by atoms with E-state index in [0.717, 1.165) is 22.2 Å². The van der Waals surface area contributed by atoms with Gasteiger partial charge in [-0.1, -0.05) is 84.9 Å². The number of anilines is 2. The Morgan fingerprint density at radius 2 is 0.972 bits per heavy atom. The third-order valence-electron chi connectivity index (χ3n) is 12.2. The van der Waals surface area contributed by atoms with Gasteiger partial charge in [0, 0.05) is 61.9 Å². The van der Waals surface area contributed by atoms with Gasteiger partial charge in [0.2, 0.25) is 0 Å². The maximum absolute atomic E-state index is 13.9. The molecule has 2 N–H and O–H groups in total. The van der Waals surface area contributed by atoms with Gasteiger partial charge in [0.15, 0.2) is 11.6 Å². The van der Waals surface area contributed by atoms with Gasteiger partial charge < -0.3 is 39.3 Å². The molecular formula is C59H47FN3NaO8. The third-order valence-corrected chi connectivity index (χ3v) is 12.2. The number of rotatable bonds is 20. The summed E-state index contributed by atoms with van der Waals surface area (Å²) in [4.78, 5) is 52.6. The third kappa shape index (κ3) is 11.8. The molecular weight excluding hydrogens is 921 g/mol. The summed E-state index contributed by atoms with van der Waals surface area (Å²) in [7, 11) is 1.29. The number of aromatic nitrogens is 1. The van der Waals surface area contributed by atoms with Crippen LogP contribution in [0.4, 0.5) is 15.8 Å². The van der Waals surface area contributed by atoms with E-state index in [0.29, 0.717) is 58.5 Å². The van der Waals surface area contributed by atoms with Crippen molar-refractivity contribution in [3.8, 4) is 17.2 Å². The monoisotopic (exact) mass is 967 g/mol. The van der Waals surface area contributed by atoms with E-state index in [-0.39, 0.29) is 59.5 Å². The number of carbonyl (C=O) groups is 4. The number of aliphatic carboxylic acids is 1.